The molecule has 2 aromatic rings. The molecule has 2 aromatic carbocycles. The molecule has 35 heavy (non-hydrogen) atoms. The van der Waals surface area contributed by atoms with Gasteiger partial charge >= 0.3 is 0 Å². The highest BCUT2D eigenvalue weighted by Gasteiger charge is 2.10. The molecule has 0 aliphatic rings. The summed E-state index contributed by atoms with van der Waals surface area (Å²) in [5, 5.41) is 0. The van der Waals surface area contributed by atoms with Gasteiger partial charge in [0.25, 0.3) is 0 Å². The molecule has 0 spiro atoms. The number of ether oxygens (including phenoxy) is 2. The highest BCUT2D eigenvalue weighted by molar-refractivity contribution is 6.09. The van der Waals surface area contributed by atoms with Gasteiger partial charge < -0.3 is 9.47 Å². The number of ketones is 1. The number of hydrogen-bond acceptors (Lipinski definition) is 3. The molecular formula is C32H40O3. The quantitative estimate of drug-likeness (QED) is 0.196. The van der Waals surface area contributed by atoms with Gasteiger partial charge in [0.2, 0.25) is 0 Å². The Labute approximate surface area is 212 Å². The van der Waals surface area contributed by atoms with Gasteiger partial charge in [-0.3, -0.25) is 4.79 Å². The van der Waals surface area contributed by atoms with E-state index < -0.39 is 0 Å². The molecule has 0 saturated carbocycles. The summed E-state index contributed by atoms with van der Waals surface area (Å²) >= 11 is 0. The smallest absolute Gasteiger partial charge is 0.193 e. The summed E-state index contributed by atoms with van der Waals surface area (Å²) in [4.78, 5) is 12.8. The summed E-state index contributed by atoms with van der Waals surface area (Å²) in [5.41, 5.74) is 1.18. The zero-order valence-corrected chi connectivity index (χ0v) is 22.2. The summed E-state index contributed by atoms with van der Waals surface area (Å²) in [6, 6.07) is 14.2. The average molecular weight is 473 g/mol. The first kappa shape index (κ1) is 31.1. The Bertz CT molecular complexity index is 1020. The maximum Gasteiger partial charge on any atom is 0.193 e. The molecule has 0 saturated heterocycles. The van der Waals surface area contributed by atoms with Gasteiger partial charge in [0, 0.05) is 11.1 Å². The molecule has 0 aliphatic heterocycles. The largest absolute Gasteiger partial charge is 0.457 e. The third kappa shape index (κ3) is 11.7. The molecule has 0 aliphatic carbocycles. The van der Waals surface area contributed by atoms with Crippen molar-refractivity contribution in [1.82, 2.24) is 0 Å². The number of carbonyl (C=O) groups is 1. The molecule has 0 aromatic heterocycles. The lowest BCUT2D eigenvalue weighted by Crippen LogP contribution is -2.01. The molecule has 3 heteroatoms. The standard InChI is InChI=1S/C28H28O3.2C2H6/c1-5-9-13-25(12-8-4)31-27-20-16-23(17-21-27)28(29)22-14-18-26(19-15-22)30-24(10-6-2)11-7-3;2*1-2/h5-21H,2H2,1,3-4H3;2*1-2H3/b9-5-,11-7-,12-8-,24-10+,25-13+;;. The summed E-state index contributed by atoms with van der Waals surface area (Å²) in [7, 11) is 0. The molecule has 0 N–H and O–H groups in total. The minimum atomic E-state index is -0.0634. The van der Waals surface area contributed by atoms with Crippen molar-refractivity contribution < 1.29 is 14.3 Å². The van der Waals surface area contributed by atoms with Crippen LogP contribution in [0, 0.1) is 0 Å². The third-order valence-corrected chi connectivity index (χ3v) is 4.10. The second-order valence-corrected chi connectivity index (χ2v) is 6.48. The molecule has 0 radical (unpaired) electrons. The van der Waals surface area contributed by atoms with E-state index in [2.05, 4.69) is 6.58 Å². The predicted molar refractivity (Wildman–Crippen MR) is 151 cm³/mol. The van der Waals surface area contributed by atoms with E-state index in [9.17, 15) is 4.79 Å². The van der Waals surface area contributed by atoms with Gasteiger partial charge in [0.15, 0.2) is 5.78 Å². The van der Waals surface area contributed by atoms with Gasteiger partial charge in [0.1, 0.15) is 23.0 Å². The van der Waals surface area contributed by atoms with Crippen LogP contribution in [-0.2, 0) is 0 Å². The second kappa shape index (κ2) is 19.6. The molecular weight excluding hydrogens is 432 g/mol. The number of allylic oxidation sites excluding steroid dienone is 9. The molecule has 3 nitrogen and oxygen atoms in total. The fourth-order valence-electron chi connectivity index (χ4n) is 2.67. The Kier molecular flexibility index (Phi) is 17.4. The van der Waals surface area contributed by atoms with Crippen molar-refractivity contribution in [3.8, 4) is 11.5 Å². The number of carbonyl (C=O) groups excluding carboxylic acids is 1. The zero-order valence-electron chi connectivity index (χ0n) is 22.2. The Balaban J connectivity index is 0.00000274. The Morgan fingerprint density at radius 3 is 1.40 bits per heavy atom. The summed E-state index contributed by atoms with van der Waals surface area (Å²) in [6.07, 6.45) is 16.7. The van der Waals surface area contributed by atoms with Gasteiger partial charge in [-0.1, -0.05) is 64.7 Å². The third-order valence-electron chi connectivity index (χ3n) is 4.10. The minimum absolute atomic E-state index is 0.0634. The highest BCUT2D eigenvalue weighted by Crippen LogP contribution is 2.21. The van der Waals surface area contributed by atoms with Crippen LogP contribution in [0.15, 0.2) is 121 Å². The molecule has 186 valence electrons. The van der Waals surface area contributed by atoms with E-state index in [1.54, 1.807) is 60.7 Å². The Morgan fingerprint density at radius 2 is 1.06 bits per heavy atom. The van der Waals surface area contributed by atoms with Crippen molar-refractivity contribution in [3.05, 3.63) is 132 Å². The van der Waals surface area contributed by atoms with Gasteiger partial charge in [-0.2, -0.15) is 0 Å². The van der Waals surface area contributed by atoms with Crippen molar-refractivity contribution in [3.63, 3.8) is 0 Å². The topological polar surface area (TPSA) is 35.5 Å². The lowest BCUT2D eigenvalue weighted by molar-refractivity contribution is 0.103. The number of hydrogen-bond donors (Lipinski definition) is 0. The van der Waals surface area contributed by atoms with E-state index in [0.29, 0.717) is 28.4 Å². The molecule has 0 atom stereocenters. The fraction of sp³-hybridized carbons (Fsp3) is 0.219. The number of benzene rings is 2. The summed E-state index contributed by atoms with van der Waals surface area (Å²) in [6.45, 7) is 17.5. The van der Waals surface area contributed by atoms with E-state index in [1.807, 2.05) is 91.0 Å². The normalized spacial score (nSPS) is 11.5. The lowest BCUT2D eigenvalue weighted by Gasteiger charge is -2.08. The van der Waals surface area contributed by atoms with Crippen LogP contribution < -0.4 is 9.47 Å². The molecule has 0 fully saturated rings. The van der Waals surface area contributed by atoms with Crippen LogP contribution >= 0.6 is 0 Å². The van der Waals surface area contributed by atoms with Gasteiger partial charge in [0.05, 0.1) is 0 Å². The highest BCUT2D eigenvalue weighted by atomic mass is 16.5. The van der Waals surface area contributed by atoms with Crippen LogP contribution in [0.3, 0.4) is 0 Å². The van der Waals surface area contributed by atoms with Crippen LogP contribution in [0.1, 0.15) is 64.4 Å². The SMILES string of the molecule is C=C/C=C(\C=C/C)Oc1ccc(C(=O)c2ccc(OC(/C=C\C)=C/C=C\C)cc2)cc1.CC.CC. The van der Waals surface area contributed by atoms with E-state index in [1.165, 1.54) is 0 Å². The van der Waals surface area contributed by atoms with Gasteiger partial charge in [-0.15, -0.1) is 0 Å². The summed E-state index contributed by atoms with van der Waals surface area (Å²) in [5.74, 6) is 2.65. The average Bonchev–Trinajstić information content (AvgIpc) is 2.90. The van der Waals surface area contributed by atoms with Crippen molar-refractivity contribution in [2.75, 3.05) is 0 Å². The molecule has 0 unspecified atom stereocenters. The maximum atomic E-state index is 12.8. The van der Waals surface area contributed by atoms with Crippen LogP contribution in [0.5, 0.6) is 11.5 Å². The van der Waals surface area contributed by atoms with E-state index in [4.69, 9.17) is 9.47 Å². The van der Waals surface area contributed by atoms with Gasteiger partial charge in [-0.25, -0.2) is 0 Å². The van der Waals surface area contributed by atoms with Crippen LogP contribution in [0.4, 0.5) is 0 Å². The first-order chi connectivity index (χ1) is 17.1. The van der Waals surface area contributed by atoms with Crippen LogP contribution in [-0.4, -0.2) is 5.78 Å². The van der Waals surface area contributed by atoms with Crippen LogP contribution in [0.25, 0.3) is 0 Å². The first-order valence-electron chi connectivity index (χ1n) is 12.1. The summed E-state index contributed by atoms with van der Waals surface area (Å²) < 4.78 is 11.7. The first-order valence-corrected chi connectivity index (χ1v) is 12.1. The molecule has 0 bridgehead atoms. The molecule has 0 amide bonds. The van der Waals surface area contributed by atoms with Crippen molar-refractivity contribution in [1.29, 1.82) is 0 Å². The van der Waals surface area contributed by atoms with Crippen molar-refractivity contribution >= 4 is 5.78 Å². The Hall–Kier alpha value is -3.85. The van der Waals surface area contributed by atoms with E-state index in [0.717, 1.165) is 5.76 Å². The van der Waals surface area contributed by atoms with E-state index in [-0.39, 0.29) is 5.78 Å². The zero-order chi connectivity index (χ0) is 26.5. The van der Waals surface area contributed by atoms with E-state index >= 15 is 0 Å². The fourth-order valence-corrected chi connectivity index (χ4v) is 2.67. The number of rotatable bonds is 10. The molecule has 2 rings (SSSR count). The Morgan fingerprint density at radius 1 is 0.657 bits per heavy atom. The predicted octanol–water partition coefficient (Wildman–Crippen LogP) is 9.41. The monoisotopic (exact) mass is 472 g/mol. The van der Waals surface area contributed by atoms with Gasteiger partial charge in [-0.05, 0) is 93.6 Å². The van der Waals surface area contributed by atoms with Crippen molar-refractivity contribution in [2.24, 2.45) is 0 Å². The second-order valence-electron chi connectivity index (χ2n) is 6.48. The molecule has 0 heterocycles. The van der Waals surface area contributed by atoms with Crippen molar-refractivity contribution in [2.45, 2.75) is 48.5 Å². The maximum absolute atomic E-state index is 12.8. The van der Waals surface area contributed by atoms with Crippen LogP contribution in [0.2, 0.25) is 0 Å². The minimum Gasteiger partial charge on any atom is -0.457 e. The lowest BCUT2D eigenvalue weighted by atomic mass is 10.0.